The van der Waals surface area contributed by atoms with Gasteiger partial charge in [-0.1, -0.05) is 237 Å². The van der Waals surface area contributed by atoms with Crippen molar-refractivity contribution in [3.63, 3.8) is 0 Å². The normalized spacial score (nSPS) is 13.3. The number of benzene rings is 1. The van der Waals surface area contributed by atoms with E-state index in [1.54, 1.807) is 4.90 Å². The Morgan fingerprint density at radius 3 is 1.25 bits per heavy atom. The predicted molar refractivity (Wildman–Crippen MR) is 243 cm³/mol. The summed E-state index contributed by atoms with van der Waals surface area (Å²) in [6, 6.07) is 9.81. The van der Waals surface area contributed by atoms with Crippen molar-refractivity contribution in [2.75, 3.05) is 32.8 Å². The molecule has 0 saturated carbocycles. The van der Waals surface area contributed by atoms with Gasteiger partial charge in [0.05, 0.1) is 6.10 Å². The van der Waals surface area contributed by atoms with Gasteiger partial charge >= 0.3 is 6.09 Å². The molecular weight excluding hydrogens is 705 g/mol. The molecule has 1 saturated heterocycles. The number of rotatable bonds is 39. The summed E-state index contributed by atoms with van der Waals surface area (Å²) in [5.74, 6) is 0.140. The molecule has 0 atom stereocenters. The molecule has 1 fully saturated rings. The van der Waals surface area contributed by atoms with Crippen LogP contribution < -0.4 is 0 Å². The smallest absolute Gasteiger partial charge is 0.410 e. The highest BCUT2D eigenvalue weighted by Crippen LogP contribution is 2.18. The van der Waals surface area contributed by atoms with E-state index in [1.807, 2.05) is 30.3 Å². The molecule has 1 aliphatic rings. The van der Waals surface area contributed by atoms with E-state index in [9.17, 15) is 9.59 Å². The van der Waals surface area contributed by atoms with Crippen molar-refractivity contribution in [2.24, 2.45) is 0 Å². The summed E-state index contributed by atoms with van der Waals surface area (Å²) >= 11 is 0. The third kappa shape index (κ3) is 29.7. The summed E-state index contributed by atoms with van der Waals surface area (Å²) in [5.41, 5.74) is 0.992. The first-order valence-electron chi connectivity index (χ1n) is 25.0. The number of amides is 2. The maximum atomic E-state index is 13.5. The maximum Gasteiger partial charge on any atom is 0.410 e. The molecule has 1 aromatic carbocycles. The van der Waals surface area contributed by atoms with Crippen LogP contribution in [-0.2, 0) is 20.9 Å². The minimum atomic E-state index is -0.267. The molecule has 2 amide bonds. The Morgan fingerprint density at radius 2 is 0.877 bits per heavy atom. The number of piperidine rings is 1. The first kappa shape index (κ1) is 51.1. The van der Waals surface area contributed by atoms with Crippen LogP contribution in [0.3, 0.4) is 0 Å². The summed E-state index contributed by atoms with van der Waals surface area (Å²) in [5, 5.41) is 0. The van der Waals surface area contributed by atoms with Crippen LogP contribution in [0.1, 0.15) is 238 Å². The van der Waals surface area contributed by atoms with Crippen molar-refractivity contribution in [2.45, 2.75) is 245 Å². The van der Waals surface area contributed by atoms with Crippen LogP contribution in [0.5, 0.6) is 0 Å². The zero-order chi connectivity index (χ0) is 40.7. The molecule has 2 rings (SSSR count). The Kier molecular flexibility index (Phi) is 34.2. The SMILES string of the molecule is CCCCCCCCCCCCCCCCCCN(CCCCCCCCCCCCCCCCCC)C(=O)COC1CCN(C(=O)OCc2ccccc2)CC1. The topological polar surface area (TPSA) is 59.1 Å². The molecule has 0 unspecified atom stereocenters. The van der Waals surface area contributed by atoms with Gasteiger partial charge in [-0.2, -0.15) is 0 Å². The molecule has 330 valence electrons. The minimum absolute atomic E-state index is 0.0140. The van der Waals surface area contributed by atoms with Crippen LogP contribution in [0.25, 0.3) is 0 Å². The Balaban J connectivity index is 1.59. The summed E-state index contributed by atoms with van der Waals surface area (Å²) in [6.45, 7) is 7.95. The van der Waals surface area contributed by atoms with Gasteiger partial charge in [0.25, 0.3) is 0 Å². The quantitative estimate of drug-likeness (QED) is 0.0623. The zero-order valence-corrected chi connectivity index (χ0v) is 37.8. The molecule has 6 heteroatoms. The molecular formula is C51H92N2O4. The molecule has 1 aliphatic heterocycles. The maximum absolute atomic E-state index is 13.5. The highest BCUT2D eigenvalue weighted by atomic mass is 16.6. The number of hydrogen-bond donors (Lipinski definition) is 0. The minimum Gasteiger partial charge on any atom is -0.445 e. The van der Waals surface area contributed by atoms with E-state index in [1.165, 1.54) is 193 Å². The summed E-state index contributed by atoms with van der Waals surface area (Å²) < 4.78 is 11.7. The molecule has 1 heterocycles. The van der Waals surface area contributed by atoms with E-state index < -0.39 is 0 Å². The lowest BCUT2D eigenvalue weighted by molar-refractivity contribution is -0.139. The van der Waals surface area contributed by atoms with Crippen molar-refractivity contribution < 1.29 is 19.1 Å². The van der Waals surface area contributed by atoms with Crippen LogP contribution in [0, 0.1) is 0 Å². The number of hydrogen-bond acceptors (Lipinski definition) is 4. The van der Waals surface area contributed by atoms with Gasteiger partial charge in [-0.3, -0.25) is 4.79 Å². The second-order valence-electron chi connectivity index (χ2n) is 17.5. The summed E-state index contributed by atoms with van der Waals surface area (Å²) in [4.78, 5) is 30.0. The van der Waals surface area contributed by atoms with Gasteiger partial charge in [-0.05, 0) is 31.2 Å². The molecule has 0 N–H and O–H groups in total. The Labute approximate surface area is 353 Å². The summed E-state index contributed by atoms with van der Waals surface area (Å²) in [6.07, 6.45) is 44.8. The fourth-order valence-corrected chi connectivity index (χ4v) is 8.36. The van der Waals surface area contributed by atoms with Crippen LogP contribution >= 0.6 is 0 Å². The van der Waals surface area contributed by atoms with Gasteiger partial charge in [0.2, 0.25) is 5.91 Å². The van der Waals surface area contributed by atoms with Crippen LogP contribution in [0.15, 0.2) is 30.3 Å². The van der Waals surface area contributed by atoms with Crippen molar-refractivity contribution in [3.05, 3.63) is 35.9 Å². The van der Waals surface area contributed by atoms with Crippen LogP contribution in [0.2, 0.25) is 0 Å². The van der Waals surface area contributed by atoms with E-state index in [2.05, 4.69) is 18.7 Å². The van der Waals surface area contributed by atoms with E-state index in [0.717, 1.165) is 44.3 Å². The van der Waals surface area contributed by atoms with Crippen molar-refractivity contribution in [1.29, 1.82) is 0 Å². The third-order valence-corrected chi connectivity index (χ3v) is 12.3. The van der Waals surface area contributed by atoms with E-state index >= 15 is 0 Å². The average Bonchev–Trinajstić information content (AvgIpc) is 3.24. The second kappa shape index (κ2) is 38.1. The van der Waals surface area contributed by atoms with Gasteiger partial charge in [0.1, 0.15) is 13.2 Å². The van der Waals surface area contributed by atoms with Gasteiger partial charge in [0.15, 0.2) is 0 Å². The molecule has 57 heavy (non-hydrogen) atoms. The Morgan fingerprint density at radius 1 is 0.526 bits per heavy atom. The zero-order valence-electron chi connectivity index (χ0n) is 37.8. The largest absolute Gasteiger partial charge is 0.445 e. The number of ether oxygens (including phenoxy) is 2. The molecule has 0 aromatic heterocycles. The number of unbranched alkanes of at least 4 members (excludes halogenated alkanes) is 30. The van der Waals surface area contributed by atoms with Gasteiger partial charge in [-0.15, -0.1) is 0 Å². The third-order valence-electron chi connectivity index (χ3n) is 12.3. The molecule has 6 nitrogen and oxygen atoms in total. The fourth-order valence-electron chi connectivity index (χ4n) is 8.36. The molecule has 0 aliphatic carbocycles. The average molecular weight is 797 g/mol. The molecule has 0 radical (unpaired) electrons. The van der Waals surface area contributed by atoms with Crippen LogP contribution in [0.4, 0.5) is 4.79 Å². The number of likely N-dealkylation sites (tertiary alicyclic amines) is 1. The molecule has 0 bridgehead atoms. The van der Waals surface area contributed by atoms with Gasteiger partial charge in [-0.25, -0.2) is 4.79 Å². The lowest BCUT2D eigenvalue weighted by Gasteiger charge is -2.31. The van der Waals surface area contributed by atoms with Crippen molar-refractivity contribution in [3.8, 4) is 0 Å². The van der Waals surface area contributed by atoms with E-state index in [4.69, 9.17) is 9.47 Å². The number of carbonyl (C=O) groups is 2. The first-order valence-corrected chi connectivity index (χ1v) is 25.0. The van der Waals surface area contributed by atoms with Gasteiger partial charge < -0.3 is 19.3 Å². The number of nitrogens with zero attached hydrogens (tertiary/aromatic N) is 2. The monoisotopic (exact) mass is 797 g/mol. The van der Waals surface area contributed by atoms with Crippen LogP contribution in [-0.4, -0.2) is 60.7 Å². The lowest BCUT2D eigenvalue weighted by Crippen LogP contribution is -2.42. The first-order chi connectivity index (χ1) is 28.1. The van der Waals surface area contributed by atoms with E-state index in [-0.39, 0.29) is 24.7 Å². The standard InChI is InChI=1S/C51H92N2O4/c1-3-5-7-9-11-13-15-17-19-21-23-25-27-29-31-36-42-52(43-37-32-30-28-26-24-22-20-18-16-14-12-10-8-6-4-2)50(54)47-56-49-40-44-53(45-41-49)51(55)57-46-48-38-34-33-35-39-48/h33-35,38-39,49H,3-32,36-37,40-47H2,1-2H3. The predicted octanol–water partition coefficient (Wildman–Crippen LogP) is 15.2. The fraction of sp³-hybridized carbons (Fsp3) is 0.843. The lowest BCUT2D eigenvalue weighted by atomic mass is 10.0. The van der Waals surface area contributed by atoms with Crippen molar-refractivity contribution >= 4 is 12.0 Å². The second-order valence-corrected chi connectivity index (χ2v) is 17.5. The highest BCUT2D eigenvalue weighted by Gasteiger charge is 2.25. The Bertz CT molecular complexity index is 991. The Hall–Kier alpha value is -2.08. The van der Waals surface area contributed by atoms with Gasteiger partial charge in [0, 0.05) is 26.2 Å². The van der Waals surface area contributed by atoms with Crippen molar-refractivity contribution in [1.82, 2.24) is 9.80 Å². The highest BCUT2D eigenvalue weighted by molar-refractivity contribution is 5.77. The molecule has 1 aromatic rings. The summed E-state index contributed by atoms with van der Waals surface area (Å²) in [7, 11) is 0. The van der Waals surface area contributed by atoms with E-state index in [0.29, 0.717) is 19.7 Å². The molecule has 0 spiro atoms. The number of carbonyl (C=O) groups excluding carboxylic acids is 2.